The second-order valence-electron chi connectivity index (χ2n) is 6.63. The van der Waals surface area contributed by atoms with Crippen molar-refractivity contribution in [2.45, 2.75) is 57.6 Å². The number of ether oxygens (including phenoxy) is 1. The van der Waals surface area contributed by atoms with Crippen LogP contribution in [0, 0.1) is 12.8 Å². The summed E-state index contributed by atoms with van der Waals surface area (Å²) in [5.74, 6) is 0.649. The summed E-state index contributed by atoms with van der Waals surface area (Å²) in [6.07, 6.45) is 6.16. The Bertz CT molecular complexity index is 498. The van der Waals surface area contributed by atoms with E-state index in [1.807, 2.05) is 6.07 Å². The van der Waals surface area contributed by atoms with Crippen LogP contribution < -0.4 is 5.32 Å². The van der Waals surface area contributed by atoms with Crippen molar-refractivity contribution in [3.63, 3.8) is 0 Å². The van der Waals surface area contributed by atoms with Gasteiger partial charge in [0.05, 0.1) is 5.60 Å². The molecule has 3 heteroatoms. The number of halogens is 1. The summed E-state index contributed by atoms with van der Waals surface area (Å²) < 4.78 is 6.10. The van der Waals surface area contributed by atoms with Gasteiger partial charge in [-0.3, -0.25) is 0 Å². The third-order valence-electron chi connectivity index (χ3n) is 5.34. The van der Waals surface area contributed by atoms with Crippen LogP contribution in [-0.4, -0.2) is 18.8 Å². The smallest absolute Gasteiger partial charge is 0.0686 e. The fourth-order valence-electron chi connectivity index (χ4n) is 3.98. The van der Waals surface area contributed by atoms with Crippen molar-refractivity contribution in [3.8, 4) is 0 Å². The Kier molecular flexibility index (Phi) is 4.58. The molecule has 1 aliphatic heterocycles. The van der Waals surface area contributed by atoms with Crippen LogP contribution in [0.3, 0.4) is 0 Å². The molecule has 3 rings (SSSR count). The number of hydrogen-bond acceptors (Lipinski definition) is 2. The fourth-order valence-corrected chi connectivity index (χ4v) is 4.16. The number of rotatable bonds is 4. The maximum atomic E-state index is 6.34. The standard InChI is InChI=1S/C18H26ClNO/c1-3-20-17(15-6-4-7-16(19)13(15)2)14-8-11-21-18(12-14)9-5-10-18/h4,6-7,14,17,20H,3,5,8-12H2,1-2H3. The van der Waals surface area contributed by atoms with E-state index in [-0.39, 0.29) is 5.60 Å². The van der Waals surface area contributed by atoms with E-state index in [1.165, 1.54) is 36.8 Å². The molecule has 2 aliphatic rings. The second kappa shape index (κ2) is 6.28. The molecule has 116 valence electrons. The quantitative estimate of drug-likeness (QED) is 0.874. The van der Waals surface area contributed by atoms with Crippen LogP contribution in [-0.2, 0) is 4.74 Å². The monoisotopic (exact) mass is 307 g/mol. The number of benzene rings is 1. The highest BCUT2D eigenvalue weighted by molar-refractivity contribution is 6.31. The van der Waals surface area contributed by atoms with E-state index in [4.69, 9.17) is 16.3 Å². The molecule has 0 radical (unpaired) electrons. The second-order valence-corrected chi connectivity index (χ2v) is 7.03. The van der Waals surface area contributed by atoms with Gasteiger partial charge in [-0.2, -0.15) is 0 Å². The van der Waals surface area contributed by atoms with E-state index in [0.29, 0.717) is 12.0 Å². The molecule has 1 N–H and O–H groups in total. The van der Waals surface area contributed by atoms with Crippen molar-refractivity contribution in [2.24, 2.45) is 5.92 Å². The normalized spacial score (nSPS) is 25.6. The third-order valence-corrected chi connectivity index (χ3v) is 5.75. The van der Waals surface area contributed by atoms with Crippen LogP contribution in [0.1, 0.15) is 56.2 Å². The van der Waals surface area contributed by atoms with E-state index in [0.717, 1.165) is 24.6 Å². The lowest BCUT2D eigenvalue weighted by atomic mass is 9.69. The Morgan fingerprint density at radius 2 is 2.24 bits per heavy atom. The SMILES string of the molecule is CCNC(c1cccc(Cl)c1C)C1CCOC2(CCC2)C1. The number of nitrogens with one attached hydrogen (secondary N) is 1. The van der Waals surface area contributed by atoms with E-state index in [9.17, 15) is 0 Å². The molecular weight excluding hydrogens is 282 g/mol. The Morgan fingerprint density at radius 1 is 1.43 bits per heavy atom. The van der Waals surface area contributed by atoms with Crippen molar-refractivity contribution >= 4 is 11.6 Å². The average Bonchev–Trinajstić information content (AvgIpc) is 2.47. The van der Waals surface area contributed by atoms with Gasteiger partial charge in [0, 0.05) is 17.7 Å². The molecule has 1 aromatic carbocycles. The minimum atomic E-state index is 0.197. The zero-order chi connectivity index (χ0) is 14.9. The molecule has 1 saturated carbocycles. The molecule has 2 unspecified atom stereocenters. The van der Waals surface area contributed by atoms with Crippen LogP contribution in [0.5, 0.6) is 0 Å². The summed E-state index contributed by atoms with van der Waals surface area (Å²) in [6.45, 7) is 6.22. The first kappa shape index (κ1) is 15.3. The highest BCUT2D eigenvalue weighted by atomic mass is 35.5. The lowest BCUT2D eigenvalue weighted by molar-refractivity contribution is -0.147. The average molecular weight is 308 g/mol. The molecule has 1 heterocycles. The van der Waals surface area contributed by atoms with Crippen molar-refractivity contribution in [3.05, 3.63) is 34.3 Å². The lowest BCUT2D eigenvalue weighted by Crippen LogP contribution is -2.48. The van der Waals surface area contributed by atoms with E-state index >= 15 is 0 Å². The van der Waals surface area contributed by atoms with Gasteiger partial charge in [-0.05, 0) is 68.7 Å². The summed E-state index contributed by atoms with van der Waals surface area (Å²) >= 11 is 6.34. The van der Waals surface area contributed by atoms with Crippen LogP contribution in [0.25, 0.3) is 0 Å². The highest BCUT2D eigenvalue weighted by Gasteiger charge is 2.44. The van der Waals surface area contributed by atoms with Crippen molar-refractivity contribution in [1.82, 2.24) is 5.32 Å². The lowest BCUT2D eigenvalue weighted by Gasteiger charge is -2.49. The van der Waals surface area contributed by atoms with E-state index < -0.39 is 0 Å². The largest absolute Gasteiger partial charge is 0.375 e. The van der Waals surface area contributed by atoms with Gasteiger partial charge in [0.2, 0.25) is 0 Å². The van der Waals surface area contributed by atoms with Gasteiger partial charge in [0.15, 0.2) is 0 Å². The molecule has 1 saturated heterocycles. The first-order chi connectivity index (χ1) is 10.2. The molecule has 2 atom stereocenters. The topological polar surface area (TPSA) is 21.3 Å². The summed E-state index contributed by atoms with van der Waals surface area (Å²) in [4.78, 5) is 0. The van der Waals surface area contributed by atoms with E-state index in [2.05, 4.69) is 31.3 Å². The maximum absolute atomic E-state index is 6.34. The first-order valence-corrected chi connectivity index (χ1v) is 8.65. The van der Waals surface area contributed by atoms with Crippen LogP contribution in [0.4, 0.5) is 0 Å². The van der Waals surface area contributed by atoms with Gasteiger partial charge in [0.25, 0.3) is 0 Å². The zero-order valence-corrected chi connectivity index (χ0v) is 13.9. The predicted molar refractivity (Wildman–Crippen MR) is 87.9 cm³/mol. The molecule has 0 aromatic heterocycles. The Balaban J connectivity index is 1.85. The Morgan fingerprint density at radius 3 is 2.90 bits per heavy atom. The molecular formula is C18H26ClNO. The Labute approximate surface area is 133 Å². The van der Waals surface area contributed by atoms with Crippen LogP contribution >= 0.6 is 11.6 Å². The highest BCUT2D eigenvalue weighted by Crippen LogP contribution is 2.47. The van der Waals surface area contributed by atoms with Gasteiger partial charge in [-0.1, -0.05) is 30.7 Å². The summed E-state index contributed by atoms with van der Waals surface area (Å²) in [5, 5.41) is 4.58. The summed E-state index contributed by atoms with van der Waals surface area (Å²) in [5.41, 5.74) is 2.79. The molecule has 1 aromatic rings. The minimum Gasteiger partial charge on any atom is -0.375 e. The van der Waals surface area contributed by atoms with E-state index in [1.54, 1.807) is 0 Å². The van der Waals surface area contributed by atoms with Crippen molar-refractivity contribution < 1.29 is 4.74 Å². The van der Waals surface area contributed by atoms with Gasteiger partial charge in [-0.15, -0.1) is 0 Å². The molecule has 0 bridgehead atoms. The summed E-state index contributed by atoms with van der Waals surface area (Å²) in [7, 11) is 0. The molecule has 2 nitrogen and oxygen atoms in total. The van der Waals surface area contributed by atoms with Gasteiger partial charge in [0.1, 0.15) is 0 Å². The maximum Gasteiger partial charge on any atom is 0.0686 e. The van der Waals surface area contributed by atoms with Gasteiger partial charge in [-0.25, -0.2) is 0 Å². The van der Waals surface area contributed by atoms with Gasteiger partial charge < -0.3 is 10.1 Å². The third kappa shape index (κ3) is 2.99. The molecule has 1 aliphatic carbocycles. The molecule has 21 heavy (non-hydrogen) atoms. The Hall–Kier alpha value is -0.570. The van der Waals surface area contributed by atoms with Crippen LogP contribution in [0.2, 0.25) is 5.02 Å². The van der Waals surface area contributed by atoms with Gasteiger partial charge >= 0.3 is 0 Å². The number of hydrogen-bond donors (Lipinski definition) is 1. The first-order valence-electron chi connectivity index (χ1n) is 8.27. The molecule has 0 amide bonds. The zero-order valence-electron chi connectivity index (χ0n) is 13.1. The molecule has 1 spiro atoms. The minimum absolute atomic E-state index is 0.197. The predicted octanol–water partition coefficient (Wildman–Crippen LogP) is 4.65. The van der Waals surface area contributed by atoms with Crippen LogP contribution in [0.15, 0.2) is 18.2 Å². The molecule has 2 fully saturated rings. The van der Waals surface area contributed by atoms with Crippen molar-refractivity contribution in [1.29, 1.82) is 0 Å². The fraction of sp³-hybridized carbons (Fsp3) is 0.667. The van der Waals surface area contributed by atoms with Crippen molar-refractivity contribution in [2.75, 3.05) is 13.2 Å². The summed E-state index contributed by atoms with van der Waals surface area (Å²) in [6, 6.07) is 6.70.